The average Bonchev–Trinajstić information content (AvgIpc) is 3.04. The van der Waals surface area contributed by atoms with Crippen molar-refractivity contribution in [3.8, 4) is 0 Å². The minimum atomic E-state index is -2.26. The minimum absolute atomic E-state index is 0.322. The summed E-state index contributed by atoms with van der Waals surface area (Å²) < 4.78 is 68.3. The van der Waals surface area contributed by atoms with Crippen LogP contribution in [0, 0.1) is 29.1 Å². The maximum Gasteiger partial charge on any atom is 0.229 e. The van der Waals surface area contributed by atoms with E-state index in [0.29, 0.717) is 5.69 Å². The Hall–Kier alpha value is -2.20. The minimum Gasteiger partial charge on any atom is -0.326 e. The number of nitrogens with zero attached hydrogens (tertiary/aromatic N) is 1. The van der Waals surface area contributed by atoms with Gasteiger partial charge < -0.3 is 5.32 Å². The first-order valence-corrected chi connectivity index (χ1v) is 9.10. The maximum absolute atomic E-state index is 13.6. The van der Waals surface area contributed by atoms with E-state index >= 15 is 0 Å². The molecule has 0 spiro atoms. The van der Waals surface area contributed by atoms with Crippen molar-refractivity contribution in [1.82, 2.24) is 4.98 Å². The molecule has 0 aliphatic heterocycles. The maximum atomic E-state index is 13.6. The van der Waals surface area contributed by atoms with Gasteiger partial charge in [-0.25, -0.2) is 26.9 Å². The van der Waals surface area contributed by atoms with Gasteiger partial charge in [0.25, 0.3) is 0 Å². The largest absolute Gasteiger partial charge is 0.326 e. The van der Waals surface area contributed by atoms with Crippen molar-refractivity contribution >= 4 is 44.9 Å². The summed E-state index contributed by atoms with van der Waals surface area (Å²) in [6.45, 7) is 0. The number of amides is 1. The molecule has 0 aliphatic carbocycles. The van der Waals surface area contributed by atoms with E-state index in [4.69, 9.17) is 0 Å². The quantitative estimate of drug-likeness (QED) is 0.291. The summed E-state index contributed by atoms with van der Waals surface area (Å²) >= 11 is 2.85. The van der Waals surface area contributed by atoms with Crippen molar-refractivity contribution < 1.29 is 26.7 Å². The van der Waals surface area contributed by atoms with Crippen LogP contribution in [0.3, 0.4) is 0 Å². The predicted octanol–water partition coefficient (Wildman–Crippen LogP) is 4.89. The van der Waals surface area contributed by atoms with Crippen LogP contribution in [0.15, 0.2) is 22.5 Å². The van der Waals surface area contributed by atoms with E-state index in [-0.39, 0.29) is 0 Å². The third kappa shape index (κ3) is 3.38. The van der Waals surface area contributed by atoms with Gasteiger partial charge in [0.05, 0.1) is 16.6 Å². The molecule has 3 rings (SSSR count). The molecule has 10 heteroatoms. The number of benzene rings is 2. The third-order valence-corrected chi connectivity index (χ3v) is 5.47. The molecule has 0 saturated heterocycles. The molecule has 3 aromatic rings. The molecule has 0 radical (unpaired) electrons. The molecule has 3 nitrogen and oxygen atoms in total. The van der Waals surface area contributed by atoms with Crippen molar-refractivity contribution in [3.63, 3.8) is 0 Å². The summed E-state index contributed by atoms with van der Waals surface area (Å²) in [5, 5.41) is 2.38. The first kappa shape index (κ1) is 18.6. The molecule has 0 atom stereocenters. The Morgan fingerprint density at radius 1 is 1.08 bits per heavy atom. The predicted molar refractivity (Wildman–Crippen MR) is 90.0 cm³/mol. The number of carbonyl (C=O) groups is 1. The molecular formula is C16H9F5N2OS2. The number of fused-ring (bicyclic) bond motifs is 1. The highest BCUT2D eigenvalue weighted by Gasteiger charge is 2.26. The van der Waals surface area contributed by atoms with E-state index in [1.807, 2.05) is 6.26 Å². The van der Waals surface area contributed by atoms with Crippen LogP contribution in [0.2, 0.25) is 0 Å². The number of hydrogen-bond donors (Lipinski definition) is 1. The third-order valence-electron chi connectivity index (χ3n) is 3.47. The molecule has 0 unspecified atom stereocenters. The molecule has 1 N–H and O–H groups in total. The topological polar surface area (TPSA) is 42.0 Å². The van der Waals surface area contributed by atoms with Crippen molar-refractivity contribution in [3.05, 3.63) is 52.8 Å². The highest BCUT2D eigenvalue weighted by molar-refractivity contribution is 8.00. The zero-order valence-electron chi connectivity index (χ0n) is 13.0. The van der Waals surface area contributed by atoms with Crippen molar-refractivity contribution in [2.24, 2.45) is 0 Å². The Morgan fingerprint density at radius 3 is 2.31 bits per heavy atom. The van der Waals surface area contributed by atoms with Gasteiger partial charge in [-0.1, -0.05) is 11.8 Å². The van der Waals surface area contributed by atoms with Crippen LogP contribution >= 0.6 is 23.1 Å². The molecule has 26 heavy (non-hydrogen) atoms. The molecular weight excluding hydrogens is 395 g/mol. The first-order valence-electron chi connectivity index (χ1n) is 7.06. The molecule has 1 aromatic heterocycles. The molecule has 1 heterocycles. The van der Waals surface area contributed by atoms with Gasteiger partial charge >= 0.3 is 0 Å². The van der Waals surface area contributed by atoms with Crippen LogP contribution < -0.4 is 5.32 Å². The normalized spacial score (nSPS) is 11.2. The Balaban J connectivity index is 1.83. The number of carbonyl (C=O) groups excluding carboxylic acids is 1. The van der Waals surface area contributed by atoms with Gasteiger partial charge in [-0.3, -0.25) is 4.79 Å². The fraction of sp³-hybridized carbons (Fsp3) is 0.125. The van der Waals surface area contributed by atoms with Gasteiger partial charge in [-0.05, 0) is 24.5 Å². The summed E-state index contributed by atoms with van der Waals surface area (Å²) in [6.07, 6.45) is 0.868. The Morgan fingerprint density at radius 2 is 1.69 bits per heavy atom. The highest BCUT2D eigenvalue weighted by atomic mass is 32.2. The lowest BCUT2D eigenvalue weighted by Gasteiger charge is -2.09. The Bertz CT molecular complexity index is 993. The van der Waals surface area contributed by atoms with Gasteiger partial charge in [-0.2, -0.15) is 0 Å². The molecule has 1 amide bonds. The lowest BCUT2D eigenvalue weighted by molar-refractivity contribution is -0.115. The van der Waals surface area contributed by atoms with E-state index < -0.39 is 47.0 Å². The molecule has 0 aliphatic rings. The van der Waals surface area contributed by atoms with Crippen molar-refractivity contribution in [2.45, 2.75) is 10.8 Å². The lowest BCUT2D eigenvalue weighted by Crippen LogP contribution is -2.18. The second-order valence-corrected chi connectivity index (χ2v) is 7.22. The Kier molecular flexibility index (Phi) is 5.15. The molecule has 2 aromatic carbocycles. The van der Waals surface area contributed by atoms with Crippen LogP contribution in [0.1, 0.15) is 5.56 Å². The Labute approximate surface area is 152 Å². The number of thioether (sulfide) groups is 1. The van der Waals surface area contributed by atoms with E-state index in [9.17, 15) is 26.7 Å². The van der Waals surface area contributed by atoms with E-state index in [0.717, 1.165) is 14.6 Å². The first-order chi connectivity index (χ1) is 12.3. The second kappa shape index (κ2) is 7.20. The second-order valence-electron chi connectivity index (χ2n) is 5.14. The number of nitrogens with one attached hydrogen (secondary N) is 1. The van der Waals surface area contributed by atoms with Crippen molar-refractivity contribution in [2.75, 3.05) is 11.6 Å². The fourth-order valence-electron chi connectivity index (χ4n) is 2.24. The number of aromatic nitrogens is 1. The SMILES string of the molecule is CSc1nc2ccc(NC(=O)Cc3c(F)c(F)c(F)c(F)c3F)cc2s1. The molecule has 136 valence electrons. The van der Waals surface area contributed by atoms with Crippen LogP contribution in [-0.2, 0) is 11.2 Å². The summed E-state index contributed by atoms with van der Waals surface area (Å²) in [4.78, 5) is 16.3. The smallest absolute Gasteiger partial charge is 0.229 e. The molecule has 0 bridgehead atoms. The van der Waals surface area contributed by atoms with Crippen LogP contribution in [-0.4, -0.2) is 17.1 Å². The number of thiazole rings is 1. The van der Waals surface area contributed by atoms with Crippen LogP contribution in [0.4, 0.5) is 27.6 Å². The molecule has 0 fully saturated rings. The van der Waals surface area contributed by atoms with Gasteiger partial charge in [0, 0.05) is 11.3 Å². The highest BCUT2D eigenvalue weighted by Crippen LogP contribution is 2.30. The summed E-state index contributed by atoms with van der Waals surface area (Å²) in [6, 6.07) is 4.80. The summed E-state index contributed by atoms with van der Waals surface area (Å²) in [5.74, 6) is -11.4. The van der Waals surface area contributed by atoms with Gasteiger partial charge in [0.15, 0.2) is 27.6 Å². The molecule has 0 saturated carbocycles. The summed E-state index contributed by atoms with van der Waals surface area (Å²) in [5.41, 5.74) is -0.137. The monoisotopic (exact) mass is 404 g/mol. The standard InChI is InChI=1S/C16H9F5N2OS2/c1-25-16-23-8-3-2-6(4-9(8)26-16)22-10(24)5-7-11(17)13(19)15(21)14(20)12(7)18/h2-4H,5H2,1H3,(H,22,24). The van der Waals surface area contributed by atoms with Crippen molar-refractivity contribution in [1.29, 1.82) is 0 Å². The van der Waals surface area contributed by atoms with E-state index in [2.05, 4.69) is 10.3 Å². The van der Waals surface area contributed by atoms with Crippen LogP contribution in [0.5, 0.6) is 0 Å². The fourth-order valence-corrected chi connectivity index (χ4v) is 3.77. The van der Waals surface area contributed by atoms with E-state index in [1.54, 1.807) is 12.1 Å². The number of halogens is 5. The van der Waals surface area contributed by atoms with Gasteiger partial charge in [-0.15, -0.1) is 11.3 Å². The number of anilines is 1. The zero-order chi connectivity index (χ0) is 19.0. The zero-order valence-corrected chi connectivity index (χ0v) is 14.6. The summed E-state index contributed by atoms with van der Waals surface area (Å²) in [7, 11) is 0. The number of rotatable bonds is 4. The van der Waals surface area contributed by atoms with Crippen LogP contribution in [0.25, 0.3) is 10.2 Å². The number of hydrogen-bond acceptors (Lipinski definition) is 4. The van der Waals surface area contributed by atoms with Gasteiger partial charge in [0.2, 0.25) is 11.7 Å². The lowest BCUT2D eigenvalue weighted by atomic mass is 10.1. The van der Waals surface area contributed by atoms with E-state index in [1.165, 1.54) is 29.2 Å². The van der Waals surface area contributed by atoms with Gasteiger partial charge in [0.1, 0.15) is 0 Å². The average molecular weight is 404 g/mol.